The maximum Gasteiger partial charge on any atom is 0.253 e. The Morgan fingerprint density at radius 3 is 2.23 bits per heavy atom. The first-order valence-corrected chi connectivity index (χ1v) is 7.73. The number of carbonyl (C=O) groups is 1. The van der Waals surface area contributed by atoms with Gasteiger partial charge in [0.15, 0.2) is 0 Å². The van der Waals surface area contributed by atoms with Gasteiger partial charge in [0.05, 0.1) is 5.56 Å². The number of hydrogen-bond donors (Lipinski definition) is 2. The molecule has 0 atom stereocenters. The lowest BCUT2D eigenvalue weighted by atomic mass is 10.2. The highest BCUT2D eigenvalue weighted by Gasteiger charge is 2.11. The Bertz CT molecular complexity index is 909. The van der Waals surface area contributed by atoms with E-state index in [9.17, 15) is 18.0 Å². The van der Waals surface area contributed by atoms with Crippen LogP contribution in [0.5, 0.6) is 0 Å². The smallest absolute Gasteiger partial charge is 0.253 e. The lowest BCUT2D eigenvalue weighted by Crippen LogP contribution is -2.23. The van der Waals surface area contributed by atoms with E-state index in [4.69, 9.17) is 0 Å². The van der Waals surface area contributed by atoms with Gasteiger partial charge >= 0.3 is 0 Å². The Morgan fingerprint density at radius 2 is 1.58 bits per heavy atom. The van der Waals surface area contributed by atoms with Gasteiger partial charge in [0.1, 0.15) is 29.0 Å². The molecule has 3 rings (SSSR count). The quantitative estimate of drug-likeness (QED) is 0.721. The summed E-state index contributed by atoms with van der Waals surface area (Å²) in [6.07, 6.45) is 1.26. The molecule has 0 saturated carbocycles. The average Bonchev–Trinajstić information content (AvgIpc) is 2.64. The number of carbonyl (C=O) groups excluding carboxylic acids is 1. The third-order valence-electron chi connectivity index (χ3n) is 3.64. The molecule has 4 nitrogen and oxygen atoms in total. The zero-order valence-corrected chi connectivity index (χ0v) is 13.5. The minimum Gasteiger partial charge on any atom is -0.348 e. The zero-order chi connectivity index (χ0) is 18.5. The maximum absolute atomic E-state index is 13.6. The van der Waals surface area contributed by atoms with Crippen LogP contribution in [0.4, 0.5) is 24.7 Å². The van der Waals surface area contributed by atoms with E-state index in [2.05, 4.69) is 15.6 Å². The minimum absolute atomic E-state index is 0.0337. The Kier molecular flexibility index (Phi) is 5.17. The first-order valence-electron chi connectivity index (χ1n) is 7.73. The fourth-order valence-corrected chi connectivity index (χ4v) is 2.27. The van der Waals surface area contributed by atoms with E-state index in [1.807, 2.05) is 0 Å². The predicted molar refractivity (Wildman–Crippen MR) is 91.4 cm³/mol. The summed E-state index contributed by atoms with van der Waals surface area (Å²) in [5.41, 5.74) is 0.278. The largest absolute Gasteiger partial charge is 0.348 e. The summed E-state index contributed by atoms with van der Waals surface area (Å²) in [6.45, 7) is 0.0337. The molecule has 0 radical (unpaired) electrons. The van der Waals surface area contributed by atoms with Crippen LogP contribution in [0.2, 0.25) is 0 Å². The molecule has 0 spiro atoms. The van der Waals surface area contributed by atoms with Crippen LogP contribution in [0.25, 0.3) is 0 Å². The summed E-state index contributed by atoms with van der Waals surface area (Å²) in [5.74, 6) is -2.17. The van der Waals surface area contributed by atoms with Gasteiger partial charge in [0.25, 0.3) is 5.91 Å². The molecule has 2 aromatic carbocycles. The van der Waals surface area contributed by atoms with Crippen molar-refractivity contribution in [2.75, 3.05) is 5.32 Å². The second-order valence-electron chi connectivity index (χ2n) is 5.43. The monoisotopic (exact) mass is 357 g/mol. The lowest BCUT2D eigenvalue weighted by Gasteiger charge is -2.09. The summed E-state index contributed by atoms with van der Waals surface area (Å²) < 4.78 is 40.8. The van der Waals surface area contributed by atoms with Gasteiger partial charge in [-0.15, -0.1) is 0 Å². The summed E-state index contributed by atoms with van der Waals surface area (Å²) in [6, 6.07) is 12.5. The second kappa shape index (κ2) is 7.69. The fourth-order valence-electron chi connectivity index (χ4n) is 2.27. The van der Waals surface area contributed by atoms with Crippen molar-refractivity contribution in [3.8, 4) is 0 Å². The Hall–Kier alpha value is -3.35. The predicted octanol–water partition coefficient (Wildman–Crippen LogP) is 4.17. The molecule has 0 unspecified atom stereocenters. The van der Waals surface area contributed by atoms with Crippen molar-refractivity contribution in [1.29, 1.82) is 0 Å². The van der Waals surface area contributed by atoms with E-state index in [1.165, 1.54) is 30.5 Å². The third-order valence-corrected chi connectivity index (χ3v) is 3.64. The van der Waals surface area contributed by atoms with E-state index >= 15 is 0 Å². The molecular formula is C19H14F3N3O. The number of para-hydroxylation sites is 1. The van der Waals surface area contributed by atoms with Crippen LogP contribution >= 0.6 is 0 Å². The Balaban J connectivity index is 1.65. The number of nitrogens with zero attached hydrogens (tertiary/aromatic N) is 1. The van der Waals surface area contributed by atoms with Crippen LogP contribution < -0.4 is 10.6 Å². The van der Waals surface area contributed by atoms with Gasteiger partial charge in [0.2, 0.25) is 0 Å². The number of nitrogens with one attached hydrogen (secondary N) is 2. The molecule has 1 aromatic heterocycles. The molecule has 3 aromatic rings. The first-order chi connectivity index (χ1) is 12.5. The van der Waals surface area contributed by atoms with Crippen molar-refractivity contribution < 1.29 is 18.0 Å². The highest BCUT2D eigenvalue weighted by molar-refractivity contribution is 5.94. The van der Waals surface area contributed by atoms with Crippen LogP contribution in [0, 0.1) is 17.5 Å². The summed E-state index contributed by atoms with van der Waals surface area (Å²) >= 11 is 0. The van der Waals surface area contributed by atoms with Gasteiger partial charge in [-0.2, -0.15) is 0 Å². The number of rotatable bonds is 5. The average molecular weight is 357 g/mol. The maximum atomic E-state index is 13.6. The van der Waals surface area contributed by atoms with Crippen LogP contribution in [0.15, 0.2) is 60.8 Å². The molecule has 0 saturated heterocycles. The molecule has 0 aliphatic heterocycles. The van der Waals surface area contributed by atoms with Gasteiger partial charge in [-0.25, -0.2) is 18.2 Å². The Labute approximate surface area is 147 Å². The molecule has 0 fully saturated rings. The van der Waals surface area contributed by atoms with E-state index < -0.39 is 23.4 Å². The van der Waals surface area contributed by atoms with Crippen LogP contribution in [0.1, 0.15) is 15.9 Å². The number of anilines is 2. The SMILES string of the molecule is O=C(NCc1ccccc1F)c1ccc(Nc2c(F)cccc2F)nc1. The first kappa shape index (κ1) is 17.5. The molecule has 0 aliphatic carbocycles. The van der Waals surface area contributed by atoms with Crippen LogP contribution in [-0.2, 0) is 6.54 Å². The second-order valence-corrected chi connectivity index (χ2v) is 5.43. The minimum atomic E-state index is -0.751. The van der Waals surface area contributed by atoms with E-state index in [-0.39, 0.29) is 23.6 Å². The zero-order valence-electron chi connectivity index (χ0n) is 13.5. The molecule has 0 aliphatic rings. The number of benzene rings is 2. The topological polar surface area (TPSA) is 54.0 Å². The van der Waals surface area contributed by atoms with Crippen molar-refractivity contribution in [2.24, 2.45) is 0 Å². The summed E-state index contributed by atoms with van der Waals surface area (Å²) in [5, 5.41) is 5.11. The van der Waals surface area contributed by atoms with Gasteiger partial charge in [-0.05, 0) is 30.3 Å². The van der Waals surface area contributed by atoms with Crippen molar-refractivity contribution in [3.63, 3.8) is 0 Å². The fraction of sp³-hybridized carbons (Fsp3) is 0.0526. The van der Waals surface area contributed by atoms with Crippen molar-refractivity contribution in [2.45, 2.75) is 6.54 Å². The molecule has 132 valence electrons. The molecule has 2 N–H and O–H groups in total. The van der Waals surface area contributed by atoms with Gasteiger partial charge in [-0.3, -0.25) is 4.79 Å². The van der Waals surface area contributed by atoms with Crippen molar-refractivity contribution >= 4 is 17.4 Å². The summed E-state index contributed by atoms with van der Waals surface area (Å²) in [7, 11) is 0. The standard InChI is InChI=1S/C19H14F3N3O/c20-14-5-2-1-4-12(14)10-24-19(26)13-8-9-17(23-11-13)25-18-15(21)6-3-7-16(18)22/h1-9,11H,10H2,(H,23,25)(H,24,26). The van der Waals surface area contributed by atoms with Crippen molar-refractivity contribution in [1.82, 2.24) is 10.3 Å². The molecular weight excluding hydrogens is 343 g/mol. The molecule has 0 bridgehead atoms. The number of aromatic nitrogens is 1. The number of halogens is 3. The number of pyridine rings is 1. The normalized spacial score (nSPS) is 10.4. The molecule has 7 heteroatoms. The van der Waals surface area contributed by atoms with Crippen LogP contribution in [-0.4, -0.2) is 10.9 Å². The van der Waals surface area contributed by atoms with Gasteiger partial charge < -0.3 is 10.6 Å². The van der Waals surface area contributed by atoms with E-state index in [1.54, 1.807) is 18.2 Å². The van der Waals surface area contributed by atoms with Gasteiger partial charge in [-0.1, -0.05) is 24.3 Å². The summed E-state index contributed by atoms with van der Waals surface area (Å²) in [4.78, 5) is 16.1. The molecule has 26 heavy (non-hydrogen) atoms. The highest BCUT2D eigenvalue weighted by atomic mass is 19.1. The van der Waals surface area contributed by atoms with Crippen molar-refractivity contribution in [3.05, 3.63) is 89.4 Å². The third kappa shape index (κ3) is 4.00. The Morgan fingerprint density at radius 1 is 0.885 bits per heavy atom. The van der Waals surface area contributed by atoms with Crippen LogP contribution in [0.3, 0.4) is 0 Å². The van der Waals surface area contributed by atoms with Gasteiger partial charge in [0, 0.05) is 18.3 Å². The number of hydrogen-bond acceptors (Lipinski definition) is 3. The highest BCUT2D eigenvalue weighted by Crippen LogP contribution is 2.22. The molecule has 1 heterocycles. The lowest BCUT2D eigenvalue weighted by molar-refractivity contribution is 0.0950. The van der Waals surface area contributed by atoms with E-state index in [0.29, 0.717) is 5.56 Å². The number of amides is 1. The molecule has 1 amide bonds. The van der Waals surface area contributed by atoms with E-state index in [0.717, 1.165) is 12.1 Å².